The van der Waals surface area contributed by atoms with Crippen molar-refractivity contribution in [1.82, 2.24) is 9.88 Å². The van der Waals surface area contributed by atoms with E-state index in [2.05, 4.69) is 10.3 Å². The summed E-state index contributed by atoms with van der Waals surface area (Å²) in [6.45, 7) is 1.74. The molecule has 1 saturated heterocycles. The van der Waals surface area contributed by atoms with Gasteiger partial charge in [0.15, 0.2) is 16.7 Å². The Kier molecular flexibility index (Phi) is 5.30. The first-order valence-corrected chi connectivity index (χ1v) is 8.85. The Morgan fingerprint density at radius 2 is 2.33 bits per heavy atom. The molecule has 0 spiro atoms. The number of halogens is 1. The van der Waals surface area contributed by atoms with Gasteiger partial charge >= 0.3 is 0 Å². The van der Waals surface area contributed by atoms with Gasteiger partial charge < -0.3 is 15.0 Å². The number of rotatable bonds is 5. The molecule has 0 aliphatic carbocycles. The Morgan fingerprint density at radius 3 is 3.08 bits per heavy atom. The Bertz CT molecular complexity index is 707. The average Bonchev–Trinajstić information content (AvgIpc) is 3.10. The molecule has 1 unspecified atom stereocenters. The highest BCUT2D eigenvalue weighted by atomic mass is 32.1. The monoisotopic (exact) mass is 349 g/mol. The lowest BCUT2D eigenvalue weighted by Crippen LogP contribution is -2.41. The van der Waals surface area contributed by atoms with E-state index in [-0.39, 0.29) is 23.4 Å². The summed E-state index contributed by atoms with van der Waals surface area (Å²) in [4.78, 5) is 18.6. The summed E-state index contributed by atoms with van der Waals surface area (Å²) in [5.74, 6) is 0.0514. The second-order valence-electron chi connectivity index (χ2n) is 5.79. The predicted molar refractivity (Wildman–Crippen MR) is 92.2 cm³/mol. The minimum atomic E-state index is -0.358. The summed E-state index contributed by atoms with van der Waals surface area (Å²) in [6, 6.07) is 6.39. The Balaban J connectivity index is 1.58. The number of carbonyl (C=O) groups excluding carboxylic acids is 1. The van der Waals surface area contributed by atoms with Crippen LogP contribution in [0.1, 0.15) is 23.3 Å². The number of hydrogen-bond acceptors (Lipinski definition) is 5. The third-order valence-corrected chi connectivity index (χ3v) is 4.91. The van der Waals surface area contributed by atoms with Crippen molar-refractivity contribution in [3.05, 3.63) is 41.2 Å². The number of nitrogens with one attached hydrogen (secondary N) is 1. The summed E-state index contributed by atoms with van der Waals surface area (Å²) in [5.41, 5.74) is 0.472. The SMILES string of the molecule is CNc1nc(C(=O)N2CCCC(COc3ccccc3F)C2)cs1. The number of piperidine rings is 1. The molecule has 5 nitrogen and oxygen atoms in total. The van der Waals surface area contributed by atoms with Gasteiger partial charge in [0.2, 0.25) is 0 Å². The van der Waals surface area contributed by atoms with Crippen molar-refractivity contribution in [3.63, 3.8) is 0 Å². The number of nitrogens with zero attached hydrogens (tertiary/aromatic N) is 2. The molecule has 3 rings (SSSR count). The zero-order valence-electron chi connectivity index (χ0n) is 13.5. The fraction of sp³-hybridized carbons (Fsp3) is 0.412. The average molecular weight is 349 g/mol. The number of carbonyl (C=O) groups is 1. The van der Waals surface area contributed by atoms with E-state index in [4.69, 9.17) is 4.74 Å². The van der Waals surface area contributed by atoms with E-state index in [0.717, 1.165) is 24.5 Å². The third-order valence-electron chi connectivity index (χ3n) is 4.05. The highest BCUT2D eigenvalue weighted by molar-refractivity contribution is 7.13. The lowest BCUT2D eigenvalue weighted by atomic mass is 9.98. The van der Waals surface area contributed by atoms with Gasteiger partial charge in [0.25, 0.3) is 5.91 Å². The van der Waals surface area contributed by atoms with Crippen molar-refractivity contribution < 1.29 is 13.9 Å². The van der Waals surface area contributed by atoms with Crippen molar-refractivity contribution in [2.24, 2.45) is 5.92 Å². The molecule has 7 heteroatoms. The Hall–Kier alpha value is -2.15. The lowest BCUT2D eigenvalue weighted by molar-refractivity contribution is 0.0626. The highest BCUT2D eigenvalue weighted by Crippen LogP contribution is 2.23. The van der Waals surface area contributed by atoms with Crippen molar-refractivity contribution in [1.29, 1.82) is 0 Å². The maximum absolute atomic E-state index is 13.6. The van der Waals surface area contributed by atoms with Crippen LogP contribution in [0.25, 0.3) is 0 Å². The number of hydrogen-bond donors (Lipinski definition) is 1. The fourth-order valence-electron chi connectivity index (χ4n) is 2.80. The van der Waals surface area contributed by atoms with E-state index in [1.807, 2.05) is 4.90 Å². The summed E-state index contributed by atoms with van der Waals surface area (Å²) >= 11 is 1.42. The number of aromatic nitrogens is 1. The molecule has 1 aliphatic rings. The van der Waals surface area contributed by atoms with Crippen molar-refractivity contribution in [2.45, 2.75) is 12.8 Å². The highest BCUT2D eigenvalue weighted by Gasteiger charge is 2.26. The normalized spacial score (nSPS) is 17.6. The summed E-state index contributed by atoms with van der Waals surface area (Å²) < 4.78 is 19.2. The van der Waals surface area contributed by atoms with Gasteiger partial charge in [-0.25, -0.2) is 9.37 Å². The zero-order chi connectivity index (χ0) is 16.9. The van der Waals surface area contributed by atoms with Crippen LogP contribution in [0.5, 0.6) is 5.75 Å². The number of thiazole rings is 1. The topological polar surface area (TPSA) is 54.5 Å². The maximum Gasteiger partial charge on any atom is 0.273 e. The van der Waals surface area contributed by atoms with Crippen LogP contribution in [0.4, 0.5) is 9.52 Å². The second-order valence-corrected chi connectivity index (χ2v) is 6.65. The lowest BCUT2D eigenvalue weighted by Gasteiger charge is -2.32. The van der Waals surface area contributed by atoms with Gasteiger partial charge in [0.1, 0.15) is 5.69 Å². The maximum atomic E-state index is 13.6. The van der Waals surface area contributed by atoms with Crippen molar-refractivity contribution >= 4 is 22.4 Å². The van der Waals surface area contributed by atoms with Crippen molar-refractivity contribution in [3.8, 4) is 5.75 Å². The van der Waals surface area contributed by atoms with Gasteiger partial charge in [-0.1, -0.05) is 12.1 Å². The molecule has 2 heterocycles. The van der Waals surface area contributed by atoms with Gasteiger partial charge in [-0.05, 0) is 25.0 Å². The van der Waals surface area contributed by atoms with Gasteiger partial charge in [-0.3, -0.25) is 4.79 Å². The fourth-order valence-corrected chi connectivity index (χ4v) is 3.45. The van der Waals surface area contributed by atoms with Crippen LogP contribution in [0.2, 0.25) is 0 Å². The Labute approximate surface area is 144 Å². The first-order chi connectivity index (χ1) is 11.7. The van der Waals surface area contributed by atoms with Gasteiger partial charge in [0.05, 0.1) is 6.61 Å². The van der Waals surface area contributed by atoms with Gasteiger partial charge in [-0.15, -0.1) is 11.3 Å². The van der Waals surface area contributed by atoms with E-state index in [1.165, 1.54) is 17.4 Å². The van der Waals surface area contributed by atoms with Crippen LogP contribution in [0.3, 0.4) is 0 Å². The third kappa shape index (κ3) is 3.84. The molecule has 1 aliphatic heterocycles. The minimum Gasteiger partial charge on any atom is -0.490 e. The van der Waals surface area contributed by atoms with Crippen LogP contribution in [-0.2, 0) is 0 Å². The molecule has 0 radical (unpaired) electrons. The first-order valence-electron chi connectivity index (χ1n) is 7.97. The number of benzene rings is 1. The molecule has 1 aromatic carbocycles. The van der Waals surface area contributed by atoms with Gasteiger partial charge in [-0.2, -0.15) is 0 Å². The molecular weight excluding hydrogens is 329 g/mol. The standard InChI is InChI=1S/C17H20FN3O2S/c1-19-17-20-14(11-24-17)16(22)21-8-4-5-12(9-21)10-23-15-7-3-2-6-13(15)18/h2-3,6-7,11-12H,4-5,8-10H2,1H3,(H,19,20). The van der Waals surface area contributed by atoms with E-state index in [0.29, 0.717) is 18.8 Å². The number of ether oxygens (including phenoxy) is 1. The van der Waals surface area contributed by atoms with E-state index in [1.54, 1.807) is 30.6 Å². The van der Waals surface area contributed by atoms with Crippen molar-refractivity contribution in [2.75, 3.05) is 32.1 Å². The Morgan fingerprint density at radius 1 is 1.50 bits per heavy atom. The molecule has 1 N–H and O–H groups in total. The number of para-hydroxylation sites is 1. The molecule has 1 fully saturated rings. The molecule has 24 heavy (non-hydrogen) atoms. The molecule has 128 valence electrons. The number of anilines is 1. The van der Waals surface area contributed by atoms with Crippen LogP contribution in [0.15, 0.2) is 29.6 Å². The smallest absolute Gasteiger partial charge is 0.273 e. The van der Waals surface area contributed by atoms with Crippen LogP contribution < -0.4 is 10.1 Å². The summed E-state index contributed by atoms with van der Waals surface area (Å²) in [6.07, 6.45) is 1.89. The molecule has 1 amide bonds. The van der Waals surface area contributed by atoms with Gasteiger partial charge in [0, 0.05) is 31.4 Å². The van der Waals surface area contributed by atoms with E-state index < -0.39 is 0 Å². The minimum absolute atomic E-state index is 0.0525. The molecule has 2 aromatic rings. The first kappa shape index (κ1) is 16.7. The molecule has 1 aromatic heterocycles. The quantitative estimate of drug-likeness (QED) is 0.900. The second kappa shape index (κ2) is 7.61. The molecule has 0 saturated carbocycles. The molecular formula is C17H20FN3O2S. The van der Waals surface area contributed by atoms with E-state index in [9.17, 15) is 9.18 Å². The van der Waals surface area contributed by atoms with E-state index >= 15 is 0 Å². The van der Waals surface area contributed by atoms with Crippen LogP contribution in [-0.4, -0.2) is 42.5 Å². The summed E-state index contributed by atoms with van der Waals surface area (Å²) in [7, 11) is 1.78. The molecule has 0 bridgehead atoms. The number of likely N-dealkylation sites (tertiary alicyclic amines) is 1. The predicted octanol–water partition coefficient (Wildman–Crippen LogP) is 3.26. The zero-order valence-corrected chi connectivity index (χ0v) is 14.3. The summed E-state index contributed by atoms with van der Waals surface area (Å²) in [5, 5.41) is 5.44. The van der Waals surface area contributed by atoms with Crippen LogP contribution in [0, 0.1) is 11.7 Å². The number of amides is 1. The molecule has 1 atom stereocenters. The largest absolute Gasteiger partial charge is 0.490 e. The van der Waals surface area contributed by atoms with Crippen LogP contribution >= 0.6 is 11.3 Å².